The first kappa shape index (κ1) is 17.5. The van der Waals surface area contributed by atoms with Crippen molar-refractivity contribution in [1.82, 2.24) is 13.5 Å². The standard InChI is InChI=1S/C17H15N3O3S3/c1-17(21,15-9-11-5-2-3-7-13(11)24-15)10-18-26(22,23)14-8-4-6-12-16(14)20-25-19-12/h2-9,18,21H,10H2,1H3/t17-/m0/s1. The zero-order valence-corrected chi connectivity index (χ0v) is 16.2. The van der Waals surface area contributed by atoms with E-state index in [1.54, 1.807) is 19.1 Å². The maximum Gasteiger partial charge on any atom is 0.242 e. The Labute approximate surface area is 158 Å². The van der Waals surface area contributed by atoms with Gasteiger partial charge in [-0.05, 0) is 36.6 Å². The molecular formula is C17H15N3O3S3. The fourth-order valence-corrected chi connectivity index (χ4v) is 5.65. The summed E-state index contributed by atoms with van der Waals surface area (Å²) in [5, 5.41) is 11.9. The quantitative estimate of drug-likeness (QED) is 0.532. The first-order valence-corrected chi connectivity index (χ1v) is 10.8. The summed E-state index contributed by atoms with van der Waals surface area (Å²) in [6.07, 6.45) is 0. The zero-order valence-electron chi connectivity index (χ0n) is 13.7. The van der Waals surface area contributed by atoms with E-state index < -0.39 is 15.6 Å². The molecule has 26 heavy (non-hydrogen) atoms. The molecule has 0 fully saturated rings. The Morgan fingerprint density at radius 3 is 2.77 bits per heavy atom. The summed E-state index contributed by atoms with van der Waals surface area (Å²) < 4.78 is 37.1. The normalized spacial score (nSPS) is 14.7. The topological polar surface area (TPSA) is 92.2 Å². The molecule has 2 heterocycles. The highest BCUT2D eigenvalue weighted by atomic mass is 32.2. The summed E-state index contributed by atoms with van der Waals surface area (Å²) in [5.74, 6) is 0. The van der Waals surface area contributed by atoms with Crippen molar-refractivity contribution in [2.24, 2.45) is 0 Å². The molecule has 2 N–H and O–H groups in total. The van der Waals surface area contributed by atoms with Crippen LogP contribution in [0.1, 0.15) is 11.8 Å². The highest BCUT2D eigenvalue weighted by Gasteiger charge is 2.29. The molecular weight excluding hydrogens is 390 g/mol. The van der Waals surface area contributed by atoms with Crippen LogP contribution < -0.4 is 4.72 Å². The summed E-state index contributed by atoms with van der Waals surface area (Å²) in [4.78, 5) is 0.769. The molecule has 1 atom stereocenters. The number of aliphatic hydroxyl groups is 1. The lowest BCUT2D eigenvalue weighted by molar-refractivity contribution is 0.0667. The van der Waals surface area contributed by atoms with Gasteiger partial charge >= 0.3 is 0 Å². The van der Waals surface area contributed by atoms with Crippen molar-refractivity contribution in [3.63, 3.8) is 0 Å². The predicted molar refractivity (Wildman–Crippen MR) is 104 cm³/mol. The van der Waals surface area contributed by atoms with E-state index in [0.717, 1.165) is 21.8 Å². The van der Waals surface area contributed by atoms with Crippen molar-refractivity contribution in [2.45, 2.75) is 17.4 Å². The summed E-state index contributed by atoms with van der Waals surface area (Å²) in [6, 6.07) is 14.5. The molecule has 0 saturated heterocycles. The number of benzene rings is 2. The third kappa shape index (κ3) is 3.12. The highest BCUT2D eigenvalue weighted by molar-refractivity contribution is 7.89. The smallest absolute Gasteiger partial charge is 0.242 e. The molecule has 4 aromatic rings. The van der Waals surface area contributed by atoms with E-state index >= 15 is 0 Å². The van der Waals surface area contributed by atoms with E-state index in [-0.39, 0.29) is 11.4 Å². The molecule has 0 radical (unpaired) electrons. The number of thiophene rings is 1. The number of nitrogens with zero attached hydrogens (tertiary/aromatic N) is 2. The molecule has 134 valence electrons. The van der Waals surface area contributed by atoms with Gasteiger partial charge in [0.05, 0.1) is 11.7 Å². The van der Waals surface area contributed by atoms with Crippen LogP contribution in [0.3, 0.4) is 0 Å². The second kappa shape index (κ2) is 6.36. The van der Waals surface area contributed by atoms with Crippen LogP contribution in [-0.4, -0.2) is 28.8 Å². The van der Waals surface area contributed by atoms with Crippen molar-refractivity contribution in [3.8, 4) is 0 Å². The Morgan fingerprint density at radius 1 is 1.15 bits per heavy atom. The minimum absolute atomic E-state index is 0.0656. The molecule has 0 amide bonds. The van der Waals surface area contributed by atoms with E-state index in [2.05, 4.69) is 13.5 Å². The molecule has 4 rings (SSSR count). The average Bonchev–Trinajstić information content (AvgIpc) is 3.26. The Hall–Kier alpha value is -1.91. The lowest BCUT2D eigenvalue weighted by Crippen LogP contribution is -2.38. The number of fused-ring (bicyclic) bond motifs is 2. The molecule has 2 aromatic heterocycles. The van der Waals surface area contributed by atoms with Crippen molar-refractivity contribution < 1.29 is 13.5 Å². The van der Waals surface area contributed by atoms with Crippen LogP contribution in [0.25, 0.3) is 21.1 Å². The van der Waals surface area contributed by atoms with Crippen molar-refractivity contribution in [1.29, 1.82) is 0 Å². The minimum Gasteiger partial charge on any atom is -0.383 e. The van der Waals surface area contributed by atoms with Crippen molar-refractivity contribution in [2.75, 3.05) is 6.54 Å². The number of aromatic nitrogens is 2. The van der Waals surface area contributed by atoms with E-state index in [1.807, 2.05) is 30.3 Å². The number of nitrogens with one attached hydrogen (secondary N) is 1. The van der Waals surface area contributed by atoms with Gasteiger partial charge in [-0.2, -0.15) is 8.75 Å². The van der Waals surface area contributed by atoms with Gasteiger partial charge in [-0.3, -0.25) is 0 Å². The number of hydrogen-bond donors (Lipinski definition) is 2. The largest absolute Gasteiger partial charge is 0.383 e. The third-order valence-electron chi connectivity index (χ3n) is 4.10. The summed E-state index contributed by atoms with van der Waals surface area (Å²) in [7, 11) is -3.83. The first-order valence-electron chi connectivity index (χ1n) is 7.79. The van der Waals surface area contributed by atoms with Gasteiger partial charge < -0.3 is 5.11 Å². The Balaban J connectivity index is 1.61. The van der Waals surface area contributed by atoms with Crippen LogP contribution in [-0.2, 0) is 15.6 Å². The lowest BCUT2D eigenvalue weighted by Gasteiger charge is -2.22. The zero-order chi connectivity index (χ0) is 18.4. The van der Waals surface area contributed by atoms with Gasteiger partial charge in [0, 0.05) is 16.1 Å². The maximum absolute atomic E-state index is 12.7. The summed E-state index contributed by atoms with van der Waals surface area (Å²) in [5.41, 5.74) is -0.453. The van der Waals surface area contributed by atoms with Crippen LogP contribution in [0.5, 0.6) is 0 Å². The molecule has 0 unspecified atom stereocenters. The van der Waals surface area contributed by atoms with Gasteiger partial charge in [-0.15, -0.1) is 11.3 Å². The minimum atomic E-state index is -3.83. The molecule has 0 aliphatic rings. The van der Waals surface area contributed by atoms with Crippen molar-refractivity contribution in [3.05, 3.63) is 53.4 Å². The number of hydrogen-bond acceptors (Lipinski definition) is 7. The fourth-order valence-electron chi connectivity index (χ4n) is 2.65. The number of rotatable bonds is 5. The van der Waals surface area contributed by atoms with Gasteiger partial charge in [-0.1, -0.05) is 24.3 Å². The van der Waals surface area contributed by atoms with E-state index in [4.69, 9.17) is 0 Å². The monoisotopic (exact) mass is 405 g/mol. The molecule has 6 nitrogen and oxygen atoms in total. The van der Waals surface area contributed by atoms with E-state index in [1.165, 1.54) is 17.4 Å². The van der Waals surface area contributed by atoms with Crippen molar-refractivity contribution >= 4 is 54.2 Å². The van der Waals surface area contributed by atoms with Gasteiger partial charge in [0.1, 0.15) is 21.5 Å². The number of sulfonamides is 1. The average molecular weight is 406 g/mol. The molecule has 9 heteroatoms. The molecule has 2 aromatic carbocycles. The maximum atomic E-state index is 12.7. The second-order valence-corrected chi connectivity index (χ2v) is 9.48. The Bertz CT molecular complexity index is 1160. The van der Waals surface area contributed by atoms with Gasteiger partial charge in [0.2, 0.25) is 10.0 Å². The lowest BCUT2D eigenvalue weighted by atomic mass is 10.1. The second-order valence-electron chi connectivity index (χ2n) is 6.13. The predicted octanol–water partition coefficient (Wildman–Crippen LogP) is 3.09. The molecule has 0 aliphatic heterocycles. The Morgan fingerprint density at radius 2 is 1.96 bits per heavy atom. The van der Waals surface area contributed by atoms with Crippen LogP contribution in [0.4, 0.5) is 0 Å². The van der Waals surface area contributed by atoms with E-state index in [9.17, 15) is 13.5 Å². The van der Waals surface area contributed by atoms with Crippen LogP contribution in [0.15, 0.2) is 53.4 Å². The van der Waals surface area contributed by atoms with Gasteiger partial charge in [-0.25, -0.2) is 13.1 Å². The molecule has 0 bridgehead atoms. The molecule has 0 saturated carbocycles. The van der Waals surface area contributed by atoms with Crippen LogP contribution in [0, 0.1) is 0 Å². The third-order valence-corrected chi connectivity index (χ3v) is 7.45. The summed E-state index contributed by atoms with van der Waals surface area (Å²) in [6.45, 7) is 1.46. The van der Waals surface area contributed by atoms with Crippen LogP contribution >= 0.6 is 23.1 Å². The SMILES string of the molecule is C[C@](O)(CNS(=O)(=O)c1cccc2nsnc12)c1cc2ccccc2s1. The Kier molecular flexibility index (Phi) is 4.28. The highest BCUT2D eigenvalue weighted by Crippen LogP contribution is 2.33. The van der Waals surface area contributed by atoms with Gasteiger partial charge in [0.15, 0.2) is 0 Å². The molecule has 0 aliphatic carbocycles. The van der Waals surface area contributed by atoms with Gasteiger partial charge in [0.25, 0.3) is 0 Å². The summed E-state index contributed by atoms with van der Waals surface area (Å²) >= 11 is 2.42. The fraction of sp³-hybridized carbons (Fsp3) is 0.176. The molecule has 0 spiro atoms. The first-order chi connectivity index (χ1) is 12.4. The van der Waals surface area contributed by atoms with E-state index in [0.29, 0.717) is 15.9 Å². The van der Waals surface area contributed by atoms with Crippen LogP contribution in [0.2, 0.25) is 0 Å².